The maximum Gasteiger partial charge on any atom is 0.251 e. The molecule has 270 valence electrons. The zero-order chi connectivity index (χ0) is 37.0. The first kappa shape index (κ1) is 39.7. The lowest BCUT2D eigenvalue weighted by atomic mass is 10.0. The number of amides is 4. The van der Waals surface area contributed by atoms with Crippen molar-refractivity contribution in [3.8, 4) is 0 Å². The Morgan fingerprint density at radius 1 is 0.780 bits per heavy atom. The number of rotatable bonds is 17. The van der Waals surface area contributed by atoms with Crippen LogP contribution in [0.5, 0.6) is 0 Å². The van der Waals surface area contributed by atoms with Gasteiger partial charge in [0, 0.05) is 43.9 Å². The second kappa shape index (κ2) is 18.3. The number of hydrogen-bond acceptors (Lipinski definition) is 7. The first-order valence-electron chi connectivity index (χ1n) is 16.7. The normalized spacial score (nSPS) is 13.1. The fourth-order valence-corrected chi connectivity index (χ4v) is 5.69. The number of anilines is 1. The predicted octanol–water partition coefficient (Wildman–Crippen LogP) is 2.92. The third kappa shape index (κ3) is 12.0. The number of aryl methyl sites for hydroxylation is 1. The van der Waals surface area contributed by atoms with Crippen LogP contribution in [0.4, 0.5) is 5.69 Å². The highest BCUT2D eigenvalue weighted by Gasteiger charge is 2.27. The summed E-state index contributed by atoms with van der Waals surface area (Å²) in [5.41, 5.74) is 3.23. The van der Waals surface area contributed by atoms with E-state index in [1.807, 2.05) is 82.3 Å². The van der Waals surface area contributed by atoms with Crippen LogP contribution in [0.2, 0.25) is 0 Å². The zero-order valence-electron chi connectivity index (χ0n) is 29.9. The molecule has 4 amide bonds. The maximum absolute atomic E-state index is 13.8. The summed E-state index contributed by atoms with van der Waals surface area (Å²) in [5.74, 6) is -1.76. The average Bonchev–Trinajstić information content (AvgIpc) is 3.07. The smallest absolute Gasteiger partial charge is 0.251 e. The Balaban J connectivity index is 1.85. The molecule has 3 aromatic carbocycles. The largest absolute Gasteiger partial charge is 0.355 e. The zero-order valence-corrected chi connectivity index (χ0v) is 30.7. The van der Waals surface area contributed by atoms with Gasteiger partial charge in [0.1, 0.15) is 6.04 Å². The number of likely N-dealkylation sites (N-methyl/N-ethyl adjacent to an activating group) is 1. The summed E-state index contributed by atoms with van der Waals surface area (Å²) in [7, 11) is -2.36. The topological polar surface area (TPSA) is 166 Å². The van der Waals surface area contributed by atoms with Gasteiger partial charge in [0.25, 0.3) is 11.8 Å². The van der Waals surface area contributed by atoms with Crippen LogP contribution in [-0.4, -0.2) is 76.6 Å². The molecule has 0 radical (unpaired) electrons. The summed E-state index contributed by atoms with van der Waals surface area (Å²) in [6.45, 7) is 10.0. The highest BCUT2D eigenvalue weighted by atomic mass is 32.2. The fourth-order valence-electron chi connectivity index (χ4n) is 5.20. The number of hydrogen-bond donors (Lipinski definition) is 5. The molecule has 3 rings (SSSR count). The van der Waals surface area contributed by atoms with Crippen LogP contribution in [0, 0.1) is 12.8 Å². The molecule has 0 aliphatic carbocycles. The lowest BCUT2D eigenvalue weighted by Gasteiger charge is -2.25. The number of nitrogens with zero attached hydrogens (tertiary/aromatic N) is 1. The second-order valence-electron chi connectivity index (χ2n) is 12.8. The van der Waals surface area contributed by atoms with Crippen LogP contribution in [0.1, 0.15) is 65.1 Å². The van der Waals surface area contributed by atoms with Gasteiger partial charge < -0.3 is 26.6 Å². The summed E-state index contributed by atoms with van der Waals surface area (Å²) >= 11 is 0. The Bertz CT molecular complexity index is 1750. The Morgan fingerprint density at radius 2 is 1.42 bits per heavy atom. The highest BCUT2D eigenvalue weighted by molar-refractivity contribution is 7.92. The van der Waals surface area contributed by atoms with E-state index in [-0.39, 0.29) is 47.6 Å². The van der Waals surface area contributed by atoms with Gasteiger partial charge in [-0.2, -0.15) is 0 Å². The van der Waals surface area contributed by atoms with E-state index in [2.05, 4.69) is 26.6 Å². The van der Waals surface area contributed by atoms with Gasteiger partial charge in [-0.25, -0.2) is 8.42 Å². The van der Waals surface area contributed by atoms with Crippen molar-refractivity contribution in [2.75, 3.05) is 30.7 Å². The third-order valence-corrected chi connectivity index (χ3v) is 9.37. The monoisotopic (exact) mass is 706 g/mol. The summed E-state index contributed by atoms with van der Waals surface area (Å²) in [6, 6.07) is 19.5. The fraction of sp³-hybridized carbons (Fsp3) is 0.405. The Hall–Kier alpha value is -4.75. The SMILES string of the molecule is CCNC(=O)[C@@H](NC(=O)[C@H](C)NC[C@H](Cc1ccccc1)NC(=O)c1cc(C(=O)NCc2cccc(C)c2)cc(N(C)S(C)(=O)=O)c1)C(C)C. The molecule has 13 heteroatoms. The highest BCUT2D eigenvalue weighted by Crippen LogP contribution is 2.21. The Kier molecular flexibility index (Phi) is 14.5. The quantitative estimate of drug-likeness (QED) is 0.144. The summed E-state index contributed by atoms with van der Waals surface area (Å²) in [5, 5.41) is 14.6. The van der Waals surface area contributed by atoms with E-state index in [1.165, 1.54) is 25.2 Å². The molecule has 0 saturated carbocycles. The molecule has 0 spiro atoms. The van der Waals surface area contributed by atoms with E-state index in [0.717, 1.165) is 27.3 Å². The van der Waals surface area contributed by atoms with Crippen LogP contribution < -0.4 is 30.9 Å². The van der Waals surface area contributed by atoms with Crippen molar-refractivity contribution < 1.29 is 27.6 Å². The molecule has 0 fully saturated rings. The molecule has 3 atom stereocenters. The minimum atomic E-state index is -3.72. The van der Waals surface area contributed by atoms with Crippen molar-refractivity contribution in [2.24, 2.45) is 5.92 Å². The van der Waals surface area contributed by atoms with Gasteiger partial charge in [0.2, 0.25) is 21.8 Å². The molecule has 0 saturated heterocycles. The molecular formula is C37H50N6O6S. The minimum absolute atomic E-state index is 0.0873. The van der Waals surface area contributed by atoms with E-state index in [1.54, 1.807) is 6.92 Å². The minimum Gasteiger partial charge on any atom is -0.355 e. The van der Waals surface area contributed by atoms with Crippen molar-refractivity contribution in [1.82, 2.24) is 26.6 Å². The van der Waals surface area contributed by atoms with E-state index in [4.69, 9.17) is 0 Å². The van der Waals surface area contributed by atoms with Crippen molar-refractivity contribution in [3.05, 3.63) is 101 Å². The van der Waals surface area contributed by atoms with Crippen molar-refractivity contribution in [2.45, 2.75) is 65.7 Å². The number of benzene rings is 3. The lowest BCUT2D eigenvalue weighted by molar-refractivity contribution is -0.130. The molecule has 0 bridgehead atoms. The number of sulfonamides is 1. The number of carbonyl (C=O) groups excluding carboxylic acids is 4. The van der Waals surface area contributed by atoms with E-state index in [0.29, 0.717) is 13.0 Å². The van der Waals surface area contributed by atoms with E-state index in [9.17, 15) is 27.6 Å². The van der Waals surface area contributed by atoms with Gasteiger partial charge in [-0.15, -0.1) is 0 Å². The molecule has 0 heterocycles. The van der Waals surface area contributed by atoms with Gasteiger partial charge in [-0.1, -0.05) is 74.0 Å². The molecule has 0 unspecified atom stereocenters. The molecule has 0 aliphatic heterocycles. The Labute approximate surface area is 295 Å². The van der Waals surface area contributed by atoms with Crippen LogP contribution in [0.15, 0.2) is 72.8 Å². The van der Waals surface area contributed by atoms with Gasteiger partial charge >= 0.3 is 0 Å². The molecule has 12 nitrogen and oxygen atoms in total. The molecule has 0 aromatic heterocycles. The predicted molar refractivity (Wildman–Crippen MR) is 196 cm³/mol. The van der Waals surface area contributed by atoms with Crippen molar-refractivity contribution in [3.63, 3.8) is 0 Å². The first-order chi connectivity index (χ1) is 23.6. The molecule has 5 N–H and O–H groups in total. The Morgan fingerprint density at radius 3 is 2.02 bits per heavy atom. The molecular weight excluding hydrogens is 657 g/mol. The first-order valence-corrected chi connectivity index (χ1v) is 18.5. The van der Waals surface area contributed by atoms with Crippen LogP contribution in [-0.2, 0) is 32.6 Å². The summed E-state index contributed by atoms with van der Waals surface area (Å²) in [6.07, 6.45) is 1.45. The molecule has 0 aliphatic rings. The van der Waals surface area contributed by atoms with E-state index < -0.39 is 40.0 Å². The van der Waals surface area contributed by atoms with Gasteiger partial charge in [0.05, 0.1) is 18.0 Å². The maximum atomic E-state index is 13.8. The van der Waals surface area contributed by atoms with E-state index >= 15 is 0 Å². The van der Waals surface area contributed by atoms with Crippen LogP contribution >= 0.6 is 0 Å². The number of carbonyl (C=O) groups is 4. The second-order valence-corrected chi connectivity index (χ2v) is 14.8. The van der Waals surface area contributed by atoms with Gasteiger partial charge in [-0.05, 0) is 62.4 Å². The lowest BCUT2D eigenvalue weighted by Crippen LogP contribution is -2.55. The standard InChI is InChI=1S/C37H50N6O6S/c1-8-38-37(47)33(24(2)3)42-34(44)26(5)39-23-31(18-27-14-10-9-11-15-27)41-36(46)30-19-29(20-32(21-30)43(6)50(7,48)49)35(45)40-22-28-16-12-13-25(4)17-28/h9-17,19-21,24,26,31,33,39H,8,18,22-23H2,1-7H3,(H,38,47)(H,40,45)(H,41,46)(H,42,44)/t26-,31-,33-/m0/s1. The van der Waals surface area contributed by atoms with Crippen molar-refractivity contribution in [1.29, 1.82) is 0 Å². The third-order valence-electron chi connectivity index (χ3n) is 8.16. The molecule has 3 aromatic rings. The van der Waals surface area contributed by atoms with Crippen LogP contribution in [0.25, 0.3) is 0 Å². The van der Waals surface area contributed by atoms with Gasteiger partial charge in [0.15, 0.2) is 0 Å². The number of nitrogens with one attached hydrogen (secondary N) is 5. The van der Waals surface area contributed by atoms with Crippen LogP contribution in [0.3, 0.4) is 0 Å². The van der Waals surface area contributed by atoms with Gasteiger partial charge in [-0.3, -0.25) is 23.5 Å². The molecule has 50 heavy (non-hydrogen) atoms. The summed E-state index contributed by atoms with van der Waals surface area (Å²) in [4.78, 5) is 52.8. The average molecular weight is 707 g/mol. The van der Waals surface area contributed by atoms with Crippen molar-refractivity contribution >= 4 is 39.3 Å². The summed E-state index contributed by atoms with van der Waals surface area (Å²) < 4.78 is 25.9.